The number of rotatable bonds is 5. The molecule has 0 saturated carbocycles. The van der Waals surface area contributed by atoms with Crippen molar-refractivity contribution in [2.75, 3.05) is 0 Å². The van der Waals surface area contributed by atoms with Gasteiger partial charge in [0.05, 0.1) is 24.2 Å². The molecule has 23 heavy (non-hydrogen) atoms. The van der Waals surface area contributed by atoms with Crippen LogP contribution in [-0.4, -0.2) is 15.9 Å². The van der Waals surface area contributed by atoms with E-state index in [4.69, 9.17) is 4.42 Å². The van der Waals surface area contributed by atoms with Crippen LogP contribution in [0.25, 0.3) is 0 Å². The molecule has 3 rings (SSSR count). The summed E-state index contributed by atoms with van der Waals surface area (Å²) >= 11 is 1.47. The van der Waals surface area contributed by atoms with E-state index in [1.54, 1.807) is 29.4 Å². The number of benzene rings is 1. The van der Waals surface area contributed by atoms with Crippen molar-refractivity contribution in [2.45, 2.75) is 20.0 Å². The molecule has 0 saturated heterocycles. The zero-order chi connectivity index (χ0) is 16.2. The van der Waals surface area contributed by atoms with Gasteiger partial charge in [0.2, 0.25) is 0 Å². The first-order chi connectivity index (χ1) is 11.1. The molecule has 1 N–H and O–H groups in total. The van der Waals surface area contributed by atoms with Crippen molar-refractivity contribution in [1.29, 1.82) is 0 Å². The van der Waals surface area contributed by atoms with Crippen LogP contribution in [0.4, 0.5) is 0 Å². The minimum Gasteiger partial charge on any atom is -0.508 e. The number of carbonyl (C=O) groups excluding carboxylic acids is 1. The van der Waals surface area contributed by atoms with Crippen molar-refractivity contribution in [2.24, 2.45) is 0 Å². The number of phenolic OH excluding ortho intramolecular Hbond substituents is 1. The SMILES string of the molecule is Cc1ccc(C(=O)N(Cc2ccco2)Cc2ccccc2O)s1. The van der Waals surface area contributed by atoms with Crippen molar-refractivity contribution in [3.05, 3.63) is 75.9 Å². The Morgan fingerprint density at radius 1 is 1.13 bits per heavy atom. The number of carbonyl (C=O) groups is 1. The highest BCUT2D eigenvalue weighted by molar-refractivity contribution is 7.13. The van der Waals surface area contributed by atoms with E-state index in [0.717, 1.165) is 4.88 Å². The van der Waals surface area contributed by atoms with Gasteiger partial charge >= 0.3 is 0 Å². The van der Waals surface area contributed by atoms with E-state index in [1.165, 1.54) is 11.3 Å². The van der Waals surface area contributed by atoms with Gasteiger partial charge in [-0.3, -0.25) is 4.79 Å². The number of thiophene rings is 1. The fourth-order valence-electron chi connectivity index (χ4n) is 2.35. The molecule has 0 bridgehead atoms. The van der Waals surface area contributed by atoms with E-state index in [1.807, 2.05) is 37.3 Å². The second kappa shape index (κ2) is 6.71. The standard InChI is InChI=1S/C18H17NO3S/c1-13-8-9-17(23-13)18(21)19(12-15-6-4-10-22-15)11-14-5-2-3-7-16(14)20/h2-10,20H,11-12H2,1H3. The number of hydrogen-bond acceptors (Lipinski definition) is 4. The molecule has 3 aromatic rings. The molecule has 0 aliphatic carbocycles. The second-order valence-corrected chi connectivity index (χ2v) is 6.57. The third-order valence-electron chi connectivity index (χ3n) is 3.52. The van der Waals surface area contributed by atoms with Gasteiger partial charge in [-0.25, -0.2) is 0 Å². The first-order valence-corrected chi connectivity index (χ1v) is 8.10. The quantitative estimate of drug-likeness (QED) is 0.764. The highest BCUT2D eigenvalue weighted by atomic mass is 32.1. The number of amides is 1. The van der Waals surface area contributed by atoms with Crippen molar-refractivity contribution in [1.82, 2.24) is 4.90 Å². The number of para-hydroxylation sites is 1. The van der Waals surface area contributed by atoms with Crippen molar-refractivity contribution in [3.8, 4) is 5.75 Å². The van der Waals surface area contributed by atoms with Crippen molar-refractivity contribution < 1.29 is 14.3 Å². The number of furan rings is 1. The number of phenols is 1. The van der Waals surface area contributed by atoms with Crippen LogP contribution < -0.4 is 0 Å². The average molecular weight is 327 g/mol. The molecule has 4 nitrogen and oxygen atoms in total. The molecule has 0 radical (unpaired) electrons. The second-order valence-electron chi connectivity index (χ2n) is 5.28. The summed E-state index contributed by atoms with van der Waals surface area (Å²) in [5, 5.41) is 9.98. The van der Waals surface area contributed by atoms with Crippen molar-refractivity contribution in [3.63, 3.8) is 0 Å². The fraction of sp³-hybridized carbons (Fsp3) is 0.167. The highest BCUT2D eigenvalue weighted by Crippen LogP contribution is 2.23. The van der Waals surface area contributed by atoms with E-state index >= 15 is 0 Å². The Morgan fingerprint density at radius 3 is 2.61 bits per heavy atom. The predicted molar refractivity (Wildman–Crippen MR) is 89.4 cm³/mol. The zero-order valence-corrected chi connectivity index (χ0v) is 13.5. The summed E-state index contributed by atoms with van der Waals surface area (Å²) in [5.74, 6) is 0.830. The summed E-state index contributed by atoms with van der Waals surface area (Å²) in [6, 6.07) is 14.5. The van der Waals surface area contributed by atoms with Gasteiger partial charge in [0.25, 0.3) is 5.91 Å². The van der Waals surface area contributed by atoms with Gasteiger partial charge in [-0.2, -0.15) is 0 Å². The number of aromatic hydroxyl groups is 1. The van der Waals surface area contributed by atoms with E-state index in [-0.39, 0.29) is 11.7 Å². The smallest absolute Gasteiger partial charge is 0.264 e. The largest absolute Gasteiger partial charge is 0.508 e. The van der Waals surface area contributed by atoms with E-state index in [0.29, 0.717) is 29.3 Å². The lowest BCUT2D eigenvalue weighted by Gasteiger charge is -2.21. The third-order valence-corrected chi connectivity index (χ3v) is 4.51. The van der Waals surface area contributed by atoms with Crippen LogP contribution in [-0.2, 0) is 13.1 Å². The molecule has 0 unspecified atom stereocenters. The van der Waals surface area contributed by atoms with E-state index in [2.05, 4.69) is 0 Å². The molecule has 5 heteroatoms. The molecular formula is C18H17NO3S. The molecule has 118 valence electrons. The minimum absolute atomic E-state index is 0.0669. The van der Waals surface area contributed by atoms with Crippen LogP contribution >= 0.6 is 11.3 Å². The van der Waals surface area contributed by atoms with Crippen LogP contribution in [0, 0.1) is 6.92 Å². The van der Waals surface area contributed by atoms with Gasteiger partial charge in [0.15, 0.2) is 0 Å². The Balaban J connectivity index is 1.87. The fourth-order valence-corrected chi connectivity index (χ4v) is 3.18. The Bertz CT molecular complexity index is 792. The lowest BCUT2D eigenvalue weighted by atomic mass is 10.2. The number of nitrogens with zero attached hydrogens (tertiary/aromatic N) is 1. The van der Waals surface area contributed by atoms with Crippen LogP contribution in [0.5, 0.6) is 5.75 Å². The number of hydrogen-bond donors (Lipinski definition) is 1. The van der Waals surface area contributed by atoms with Gasteiger partial charge in [-0.15, -0.1) is 11.3 Å². The molecule has 0 atom stereocenters. The predicted octanol–water partition coefficient (Wildman–Crippen LogP) is 4.20. The molecular weight excluding hydrogens is 310 g/mol. The van der Waals surface area contributed by atoms with Crippen LogP contribution in [0.15, 0.2) is 59.2 Å². The minimum atomic E-state index is -0.0669. The Hall–Kier alpha value is -2.53. The number of aryl methyl sites for hydroxylation is 1. The molecule has 2 aromatic heterocycles. The molecule has 0 fully saturated rings. The molecule has 0 aliphatic rings. The summed E-state index contributed by atoms with van der Waals surface area (Å²) in [6.07, 6.45) is 1.59. The normalized spacial score (nSPS) is 10.7. The monoisotopic (exact) mass is 327 g/mol. The summed E-state index contributed by atoms with van der Waals surface area (Å²) in [6.45, 7) is 2.65. The summed E-state index contributed by atoms with van der Waals surface area (Å²) in [4.78, 5) is 16.3. The zero-order valence-electron chi connectivity index (χ0n) is 12.7. The summed E-state index contributed by atoms with van der Waals surface area (Å²) in [5.41, 5.74) is 0.709. The van der Waals surface area contributed by atoms with Gasteiger partial charge in [0.1, 0.15) is 11.5 Å². The van der Waals surface area contributed by atoms with Crippen LogP contribution in [0.3, 0.4) is 0 Å². The lowest BCUT2D eigenvalue weighted by molar-refractivity contribution is 0.0721. The van der Waals surface area contributed by atoms with Gasteiger partial charge < -0.3 is 14.4 Å². The van der Waals surface area contributed by atoms with Crippen molar-refractivity contribution >= 4 is 17.2 Å². The summed E-state index contributed by atoms with van der Waals surface area (Å²) in [7, 11) is 0. The Kier molecular flexibility index (Phi) is 4.48. The molecule has 2 heterocycles. The van der Waals surface area contributed by atoms with Gasteiger partial charge in [0, 0.05) is 10.4 Å². The molecule has 1 aromatic carbocycles. The first kappa shape index (κ1) is 15.4. The third kappa shape index (κ3) is 3.63. The molecule has 0 aliphatic heterocycles. The lowest BCUT2D eigenvalue weighted by Crippen LogP contribution is -2.29. The Morgan fingerprint density at radius 2 is 1.96 bits per heavy atom. The van der Waals surface area contributed by atoms with Gasteiger partial charge in [-0.05, 0) is 37.3 Å². The van der Waals surface area contributed by atoms with E-state index < -0.39 is 0 Å². The summed E-state index contributed by atoms with van der Waals surface area (Å²) < 4.78 is 5.37. The maximum atomic E-state index is 12.8. The van der Waals surface area contributed by atoms with E-state index in [9.17, 15) is 9.90 Å². The maximum absolute atomic E-state index is 12.8. The first-order valence-electron chi connectivity index (χ1n) is 7.28. The topological polar surface area (TPSA) is 53.7 Å². The van der Waals surface area contributed by atoms with Gasteiger partial charge in [-0.1, -0.05) is 18.2 Å². The van der Waals surface area contributed by atoms with Crippen LogP contribution in [0.2, 0.25) is 0 Å². The maximum Gasteiger partial charge on any atom is 0.264 e. The average Bonchev–Trinajstić information content (AvgIpc) is 3.19. The van der Waals surface area contributed by atoms with Crippen LogP contribution in [0.1, 0.15) is 25.9 Å². The Labute approximate surface area is 138 Å². The highest BCUT2D eigenvalue weighted by Gasteiger charge is 2.20. The molecule has 1 amide bonds. The molecule has 0 spiro atoms.